The van der Waals surface area contributed by atoms with Crippen molar-refractivity contribution in [3.63, 3.8) is 0 Å². The van der Waals surface area contributed by atoms with Gasteiger partial charge in [-0.2, -0.15) is 0 Å². The monoisotopic (exact) mass is 312 g/mol. The number of rotatable bonds is 5. The minimum Gasteiger partial charge on any atom is -0.370 e. The third kappa shape index (κ3) is 4.08. The van der Waals surface area contributed by atoms with Crippen LogP contribution in [0.1, 0.15) is 10.9 Å². The molecule has 0 radical (unpaired) electrons. The van der Waals surface area contributed by atoms with E-state index in [-0.39, 0.29) is 19.3 Å². The average Bonchev–Trinajstić information content (AvgIpc) is 2.46. The summed E-state index contributed by atoms with van der Waals surface area (Å²) >= 11 is 10.5. The van der Waals surface area contributed by atoms with E-state index in [2.05, 4.69) is 15.9 Å². The highest BCUT2D eigenvalue weighted by molar-refractivity contribution is 9.10. The van der Waals surface area contributed by atoms with E-state index in [1.807, 2.05) is 6.07 Å². The highest BCUT2D eigenvalue weighted by Crippen LogP contribution is 2.34. The van der Waals surface area contributed by atoms with Crippen LogP contribution in [-0.2, 0) is 9.53 Å². The SMILES string of the molecule is NC(=O)COCC(N)c1cc(Br)c(Cl)s1. The molecule has 1 heterocycles. The number of hydrogen-bond acceptors (Lipinski definition) is 4. The molecule has 7 heteroatoms. The highest BCUT2D eigenvalue weighted by Gasteiger charge is 2.12. The smallest absolute Gasteiger partial charge is 0.243 e. The zero-order valence-corrected chi connectivity index (χ0v) is 10.9. The molecule has 15 heavy (non-hydrogen) atoms. The predicted molar refractivity (Wildman–Crippen MR) is 64.0 cm³/mol. The van der Waals surface area contributed by atoms with Gasteiger partial charge in [0.15, 0.2) is 0 Å². The fourth-order valence-electron chi connectivity index (χ4n) is 0.915. The fourth-order valence-corrected chi connectivity index (χ4v) is 2.64. The Bertz CT molecular complexity index is 339. The van der Waals surface area contributed by atoms with Gasteiger partial charge in [0.2, 0.25) is 5.91 Å². The van der Waals surface area contributed by atoms with Gasteiger partial charge < -0.3 is 16.2 Å². The first-order chi connectivity index (χ1) is 7.00. The predicted octanol–water partition coefficient (Wildman–Crippen LogP) is 1.67. The lowest BCUT2D eigenvalue weighted by Crippen LogP contribution is -2.22. The van der Waals surface area contributed by atoms with Crippen molar-refractivity contribution >= 4 is 44.8 Å². The standard InChI is InChI=1S/C8H10BrClN2O2S/c9-4-1-6(15-8(4)10)5(11)2-14-3-7(12)13/h1,5H,2-3,11H2,(H2,12,13). The average molecular weight is 314 g/mol. The molecular weight excluding hydrogens is 304 g/mol. The minimum atomic E-state index is -0.507. The van der Waals surface area contributed by atoms with Gasteiger partial charge in [-0.15, -0.1) is 11.3 Å². The van der Waals surface area contributed by atoms with Crippen molar-refractivity contribution in [3.8, 4) is 0 Å². The van der Waals surface area contributed by atoms with Crippen molar-refractivity contribution in [2.45, 2.75) is 6.04 Å². The molecule has 84 valence electrons. The number of thiophene rings is 1. The molecule has 0 saturated carbocycles. The third-order valence-electron chi connectivity index (χ3n) is 1.57. The van der Waals surface area contributed by atoms with Gasteiger partial charge in [0, 0.05) is 9.35 Å². The number of ether oxygens (including phenoxy) is 1. The lowest BCUT2D eigenvalue weighted by atomic mass is 10.3. The van der Waals surface area contributed by atoms with E-state index in [0.29, 0.717) is 4.34 Å². The van der Waals surface area contributed by atoms with Crippen LogP contribution in [0.5, 0.6) is 0 Å². The van der Waals surface area contributed by atoms with E-state index in [4.69, 9.17) is 27.8 Å². The van der Waals surface area contributed by atoms with Crippen LogP contribution >= 0.6 is 38.9 Å². The Morgan fingerprint density at radius 1 is 1.73 bits per heavy atom. The Kier molecular flexibility index (Phi) is 5.01. The summed E-state index contributed by atoms with van der Waals surface area (Å²) in [6.45, 7) is 0.125. The Morgan fingerprint density at radius 2 is 2.40 bits per heavy atom. The van der Waals surface area contributed by atoms with Crippen LogP contribution < -0.4 is 11.5 Å². The summed E-state index contributed by atoms with van der Waals surface area (Å²) in [6.07, 6.45) is 0. The molecule has 0 spiro atoms. The summed E-state index contributed by atoms with van der Waals surface area (Å²) in [7, 11) is 0. The van der Waals surface area contributed by atoms with Crippen molar-refractivity contribution < 1.29 is 9.53 Å². The van der Waals surface area contributed by atoms with Gasteiger partial charge in [0.25, 0.3) is 0 Å². The summed E-state index contributed by atoms with van der Waals surface area (Å²) in [6, 6.07) is 1.55. The summed E-state index contributed by atoms with van der Waals surface area (Å²) < 4.78 is 6.47. The molecule has 0 saturated heterocycles. The van der Waals surface area contributed by atoms with Crippen LogP contribution in [0.15, 0.2) is 10.5 Å². The highest BCUT2D eigenvalue weighted by atomic mass is 79.9. The first-order valence-electron chi connectivity index (χ1n) is 4.07. The number of primary amides is 1. The molecule has 4 nitrogen and oxygen atoms in total. The molecule has 4 N–H and O–H groups in total. The van der Waals surface area contributed by atoms with Gasteiger partial charge in [-0.3, -0.25) is 4.79 Å². The normalized spacial score (nSPS) is 12.7. The van der Waals surface area contributed by atoms with Crippen molar-refractivity contribution in [1.82, 2.24) is 0 Å². The first kappa shape index (κ1) is 12.9. The molecule has 0 aliphatic carbocycles. The van der Waals surface area contributed by atoms with Crippen LogP contribution in [0.25, 0.3) is 0 Å². The molecule has 0 aliphatic rings. The lowest BCUT2D eigenvalue weighted by molar-refractivity contribution is -0.122. The van der Waals surface area contributed by atoms with E-state index in [9.17, 15) is 4.79 Å². The van der Waals surface area contributed by atoms with Crippen molar-refractivity contribution in [1.29, 1.82) is 0 Å². The second-order valence-corrected chi connectivity index (χ2v) is 5.40. The minimum absolute atomic E-state index is 0.117. The number of carbonyl (C=O) groups excluding carboxylic acids is 1. The third-order valence-corrected chi connectivity index (χ3v) is 4.18. The largest absolute Gasteiger partial charge is 0.370 e. The van der Waals surface area contributed by atoms with Gasteiger partial charge in [-0.25, -0.2) is 0 Å². The number of halogens is 2. The van der Waals surface area contributed by atoms with Crippen molar-refractivity contribution in [2.24, 2.45) is 11.5 Å². The maximum atomic E-state index is 10.4. The van der Waals surface area contributed by atoms with E-state index >= 15 is 0 Å². The topological polar surface area (TPSA) is 78.3 Å². The van der Waals surface area contributed by atoms with Gasteiger partial charge in [0.1, 0.15) is 10.9 Å². The van der Waals surface area contributed by atoms with Crippen LogP contribution in [0.4, 0.5) is 0 Å². The molecule has 1 amide bonds. The molecule has 0 bridgehead atoms. The second kappa shape index (κ2) is 5.81. The first-order valence-corrected chi connectivity index (χ1v) is 6.05. The molecule has 1 unspecified atom stereocenters. The Morgan fingerprint density at radius 3 is 2.87 bits per heavy atom. The zero-order valence-electron chi connectivity index (χ0n) is 7.70. The summed E-state index contributed by atoms with van der Waals surface area (Å²) in [5.74, 6) is -0.507. The lowest BCUT2D eigenvalue weighted by Gasteiger charge is -2.08. The number of nitrogens with two attached hydrogens (primary N) is 2. The maximum absolute atomic E-state index is 10.4. The molecule has 1 aromatic heterocycles. The van der Waals surface area contributed by atoms with Gasteiger partial charge in [-0.05, 0) is 22.0 Å². The molecular formula is C8H10BrClN2O2S. The van der Waals surface area contributed by atoms with Gasteiger partial charge >= 0.3 is 0 Å². The Hall–Kier alpha value is -0.140. The van der Waals surface area contributed by atoms with Gasteiger partial charge in [0.05, 0.1) is 12.6 Å². The molecule has 0 aromatic carbocycles. The van der Waals surface area contributed by atoms with Crippen molar-refractivity contribution in [2.75, 3.05) is 13.2 Å². The number of amides is 1. The maximum Gasteiger partial charge on any atom is 0.243 e. The second-order valence-electron chi connectivity index (χ2n) is 2.86. The molecule has 0 aliphatic heterocycles. The Labute approximate surface area is 105 Å². The summed E-state index contributed by atoms with van der Waals surface area (Å²) in [5.41, 5.74) is 10.7. The quantitative estimate of drug-likeness (QED) is 0.868. The molecule has 1 rings (SSSR count). The fraction of sp³-hybridized carbons (Fsp3) is 0.375. The van der Waals surface area contributed by atoms with E-state index in [0.717, 1.165) is 9.35 Å². The number of carbonyl (C=O) groups is 1. The zero-order chi connectivity index (χ0) is 11.4. The summed E-state index contributed by atoms with van der Waals surface area (Å²) in [4.78, 5) is 11.3. The van der Waals surface area contributed by atoms with E-state index in [1.54, 1.807) is 0 Å². The molecule has 1 aromatic rings. The van der Waals surface area contributed by atoms with E-state index < -0.39 is 5.91 Å². The molecule has 1 atom stereocenters. The van der Waals surface area contributed by atoms with Crippen LogP contribution in [-0.4, -0.2) is 19.1 Å². The molecule has 0 fully saturated rings. The van der Waals surface area contributed by atoms with Crippen LogP contribution in [0.3, 0.4) is 0 Å². The van der Waals surface area contributed by atoms with Crippen LogP contribution in [0.2, 0.25) is 4.34 Å². The van der Waals surface area contributed by atoms with Gasteiger partial charge in [-0.1, -0.05) is 11.6 Å². The Balaban J connectivity index is 2.46. The number of hydrogen-bond donors (Lipinski definition) is 2. The van der Waals surface area contributed by atoms with Crippen LogP contribution in [0, 0.1) is 0 Å². The van der Waals surface area contributed by atoms with Crippen molar-refractivity contribution in [3.05, 3.63) is 19.8 Å². The summed E-state index contributed by atoms with van der Waals surface area (Å²) in [5, 5.41) is 0. The van der Waals surface area contributed by atoms with E-state index in [1.165, 1.54) is 11.3 Å².